The third-order valence-electron chi connectivity index (χ3n) is 9.31. The lowest BCUT2D eigenvalue weighted by Gasteiger charge is -2.31. The molecule has 0 aromatic carbocycles. The molecule has 4 rings (SSSR count). The Hall–Kier alpha value is -2.38. The van der Waals surface area contributed by atoms with E-state index in [2.05, 4.69) is 28.7 Å². The highest BCUT2D eigenvalue weighted by Gasteiger charge is 2.37. The van der Waals surface area contributed by atoms with Crippen LogP contribution in [0.15, 0.2) is 4.99 Å². The molecule has 4 fully saturated rings. The van der Waals surface area contributed by atoms with E-state index in [1.54, 1.807) is 0 Å². The number of amides is 2. The largest absolute Gasteiger partial charge is 0.449 e. The Bertz CT molecular complexity index is 879. The molecule has 0 bridgehead atoms. The van der Waals surface area contributed by atoms with Gasteiger partial charge in [0.1, 0.15) is 11.6 Å². The van der Waals surface area contributed by atoms with Crippen LogP contribution in [-0.2, 0) is 14.3 Å². The minimum absolute atomic E-state index is 0.220. The lowest BCUT2D eigenvalue weighted by atomic mass is 9.85. The number of nitrogens with zero attached hydrogens (tertiary/aromatic N) is 4. The summed E-state index contributed by atoms with van der Waals surface area (Å²) in [5, 5.41) is 15.8. The van der Waals surface area contributed by atoms with Crippen molar-refractivity contribution in [2.75, 3.05) is 53.0 Å². The third-order valence-corrected chi connectivity index (χ3v) is 9.31. The van der Waals surface area contributed by atoms with Gasteiger partial charge in [-0.2, -0.15) is 5.26 Å². The van der Waals surface area contributed by atoms with E-state index in [0.717, 1.165) is 51.6 Å². The second kappa shape index (κ2) is 15.6. The molecule has 2 aliphatic heterocycles. The Balaban J connectivity index is 1.43. The normalized spacial score (nSPS) is 23.8. The maximum absolute atomic E-state index is 13.7. The van der Waals surface area contributed by atoms with E-state index in [9.17, 15) is 14.9 Å². The molecule has 0 spiro atoms. The van der Waals surface area contributed by atoms with Crippen molar-refractivity contribution < 1.29 is 19.1 Å². The number of morpholine rings is 1. The van der Waals surface area contributed by atoms with Crippen molar-refractivity contribution in [3.8, 4) is 6.07 Å². The lowest BCUT2D eigenvalue weighted by molar-refractivity contribution is -0.123. The van der Waals surface area contributed by atoms with Gasteiger partial charge in [0.25, 0.3) is 0 Å². The van der Waals surface area contributed by atoms with Crippen LogP contribution in [0.1, 0.15) is 89.9 Å². The van der Waals surface area contributed by atoms with Crippen LogP contribution in [0.2, 0.25) is 0 Å². The molecule has 10 nitrogen and oxygen atoms in total. The number of likely N-dealkylation sites (tertiary alicyclic amines) is 1. The van der Waals surface area contributed by atoms with E-state index < -0.39 is 17.7 Å². The van der Waals surface area contributed by atoms with Crippen LogP contribution in [0.5, 0.6) is 0 Å². The second-order valence-electron chi connectivity index (χ2n) is 12.3. The molecule has 2 amide bonds. The van der Waals surface area contributed by atoms with E-state index in [0.29, 0.717) is 70.0 Å². The van der Waals surface area contributed by atoms with Crippen molar-refractivity contribution >= 4 is 18.0 Å². The number of aliphatic imine (C=N–C) groups is 1. The average Bonchev–Trinajstić information content (AvgIpc) is 3.45. The van der Waals surface area contributed by atoms with Crippen molar-refractivity contribution in [2.45, 2.75) is 101 Å². The third kappa shape index (κ3) is 9.34. The second-order valence-corrected chi connectivity index (χ2v) is 12.3. The predicted molar refractivity (Wildman–Crippen MR) is 154 cm³/mol. The molecule has 0 radical (unpaired) electrons. The van der Waals surface area contributed by atoms with E-state index in [1.165, 1.54) is 32.1 Å². The summed E-state index contributed by atoms with van der Waals surface area (Å²) in [5.41, 5.74) is -0.810. The van der Waals surface area contributed by atoms with Gasteiger partial charge in [-0.05, 0) is 89.8 Å². The number of alkyl carbamates (subject to hydrolysis) is 1. The van der Waals surface area contributed by atoms with Gasteiger partial charge in [0.15, 0.2) is 0 Å². The van der Waals surface area contributed by atoms with Gasteiger partial charge in [-0.25, -0.2) is 9.79 Å². The Morgan fingerprint density at radius 1 is 1.00 bits per heavy atom. The molecule has 1 unspecified atom stereocenters. The topological polar surface area (TPSA) is 119 Å². The van der Waals surface area contributed by atoms with Gasteiger partial charge in [0.05, 0.1) is 25.9 Å². The van der Waals surface area contributed by atoms with Crippen molar-refractivity contribution in [3.63, 3.8) is 0 Å². The number of rotatable bonds is 9. The molecule has 2 heterocycles. The summed E-state index contributed by atoms with van der Waals surface area (Å²) in [5.74, 6) is 1.32. The molecule has 0 aromatic rings. The molecule has 2 saturated carbocycles. The molecule has 1 atom stereocenters. The summed E-state index contributed by atoms with van der Waals surface area (Å²) >= 11 is 0. The number of nitrogens with one attached hydrogen (secondary N) is 2. The van der Waals surface area contributed by atoms with Gasteiger partial charge in [0.2, 0.25) is 11.9 Å². The molecule has 0 aromatic heterocycles. The first kappa shape index (κ1) is 30.6. The summed E-state index contributed by atoms with van der Waals surface area (Å²) in [6.45, 7) is 4.75. The van der Waals surface area contributed by atoms with Gasteiger partial charge < -0.3 is 24.6 Å². The number of piperidine rings is 1. The Labute approximate surface area is 240 Å². The molecule has 10 heteroatoms. The van der Waals surface area contributed by atoms with Crippen LogP contribution >= 0.6 is 0 Å². The van der Waals surface area contributed by atoms with Crippen LogP contribution in [0, 0.1) is 23.2 Å². The standard InChI is InChI=1S/C30H50N6O4/c1-35-16-11-25(12-17-35)13-20-40-29(38)33-28(36-18-21-39-22-19-36)32-26(10-9-24-7-3-2-4-8-24)27(37)34-30(23-31)14-5-6-15-30/h24-26H,2-22H2,1H3,(H,34,37)(H,32,33,38). The number of guanidine groups is 1. The molecule has 40 heavy (non-hydrogen) atoms. The van der Waals surface area contributed by atoms with Crippen molar-refractivity contribution in [1.29, 1.82) is 5.26 Å². The number of nitriles is 1. The number of carbonyl (C=O) groups excluding carboxylic acids is 2. The number of ether oxygens (including phenoxy) is 2. The Morgan fingerprint density at radius 3 is 2.35 bits per heavy atom. The van der Waals surface area contributed by atoms with Crippen LogP contribution in [0.25, 0.3) is 0 Å². The summed E-state index contributed by atoms with van der Waals surface area (Å²) in [7, 11) is 2.14. The van der Waals surface area contributed by atoms with Crippen LogP contribution in [0.4, 0.5) is 4.79 Å². The summed E-state index contributed by atoms with van der Waals surface area (Å²) in [4.78, 5) is 35.7. The van der Waals surface area contributed by atoms with E-state index in [-0.39, 0.29) is 5.91 Å². The lowest BCUT2D eigenvalue weighted by Crippen LogP contribution is -2.52. The molecule has 2 aliphatic carbocycles. The van der Waals surface area contributed by atoms with E-state index in [1.807, 2.05) is 4.90 Å². The zero-order chi connectivity index (χ0) is 28.2. The number of hydrogen-bond acceptors (Lipinski definition) is 7. The summed E-state index contributed by atoms with van der Waals surface area (Å²) in [6.07, 6.45) is 13.5. The van der Waals surface area contributed by atoms with Gasteiger partial charge in [-0.15, -0.1) is 0 Å². The van der Waals surface area contributed by atoms with E-state index >= 15 is 0 Å². The van der Waals surface area contributed by atoms with Gasteiger partial charge in [-0.3, -0.25) is 10.1 Å². The summed E-state index contributed by atoms with van der Waals surface area (Å²) in [6, 6.07) is 1.69. The smallest absolute Gasteiger partial charge is 0.413 e. The highest BCUT2D eigenvalue weighted by atomic mass is 16.5. The highest BCUT2D eigenvalue weighted by Crippen LogP contribution is 2.31. The fourth-order valence-electron chi connectivity index (χ4n) is 6.60. The fraction of sp³-hybridized carbons (Fsp3) is 0.867. The molecule has 4 aliphatic rings. The zero-order valence-corrected chi connectivity index (χ0v) is 24.5. The number of hydrogen-bond donors (Lipinski definition) is 2. The number of carbonyl (C=O) groups is 2. The molecule has 2 N–H and O–H groups in total. The first-order valence-electron chi connectivity index (χ1n) is 15.7. The van der Waals surface area contributed by atoms with Crippen LogP contribution in [0.3, 0.4) is 0 Å². The molecule has 2 saturated heterocycles. The van der Waals surface area contributed by atoms with Gasteiger partial charge in [0, 0.05) is 13.1 Å². The fourth-order valence-corrected chi connectivity index (χ4v) is 6.60. The maximum Gasteiger partial charge on any atom is 0.413 e. The van der Waals surface area contributed by atoms with Crippen molar-refractivity contribution in [3.05, 3.63) is 0 Å². The summed E-state index contributed by atoms with van der Waals surface area (Å²) < 4.78 is 11.1. The molecule has 224 valence electrons. The van der Waals surface area contributed by atoms with E-state index in [4.69, 9.17) is 14.5 Å². The average molecular weight is 559 g/mol. The monoisotopic (exact) mass is 558 g/mol. The quantitative estimate of drug-likeness (QED) is 0.326. The molecular formula is C30H50N6O4. The van der Waals surface area contributed by atoms with Gasteiger partial charge in [-0.1, -0.05) is 32.1 Å². The minimum atomic E-state index is -0.810. The first-order valence-corrected chi connectivity index (χ1v) is 15.7. The Morgan fingerprint density at radius 2 is 1.68 bits per heavy atom. The first-order chi connectivity index (χ1) is 19.5. The minimum Gasteiger partial charge on any atom is -0.449 e. The Kier molecular flexibility index (Phi) is 11.9. The SMILES string of the molecule is CN1CCC(CCOC(=O)NC(=NC(CCC2CCCCC2)C(=O)NC2(C#N)CCCC2)N2CCOCC2)CC1. The van der Waals surface area contributed by atoms with Crippen LogP contribution < -0.4 is 10.6 Å². The van der Waals surface area contributed by atoms with Gasteiger partial charge >= 0.3 is 6.09 Å². The maximum atomic E-state index is 13.7. The van der Waals surface area contributed by atoms with Crippen LogP contribution in [-0.4, -0.2) is 92.4 Å². The van der Waals surface area contributed by atoms with Crippen molar-refractivity contribution in [2.24, 2.45) is 16.8 Å². The zero-order valence-electron chi connectivity index (χ0n) is 24.5. The van der Waals surface area contributed by atoms with Crippen molar-refractivity contribution in [1.82, 2.24) is 20.4 Å². The highest BCUT2D eigenvalue weighted by molar-refractivity contribution is 5.96. The molecular weight excluding hydrogens is 508 g/mol. The predicted octanol–water partition coefficient (Wildman–Crippen LogP) is 3.81.